The maximum absolute atomic E-state index is 6.13. The van der Waals surface area contributed by atoms with Gasteiger partial charge in [-0.3, -0.25) is 9.55 Å². The van der Waals surface area contributed by atoms with Crippen LogP contribution < -0.4 is 0 Å². The molecule has 0 bridgehead atoms. The number of aryl methyl sites for hydroxylation is 1. The first-order valence-electron chi connectivity index (χ1n) is 5.74. The largest absolute Gasteiger partial charge is 0.269 e. The van der Waals surface area contributed by atoms with E-state index in [1.165, 1.54) is 0 Å². The molecule has 5 heteroatoms. The van der Waals surface area contributed by atoms with Gasteiger partial charge in [0.2, 0.25) is 5.28 Å². The average molecular weight is 259 g/mol. The number of rotatable bonds is 2. The number of hydrogen-bond donors (Lipinski definition) is 0. The van der Waals surface area contributed by atoms with E-state index >= 15 is 0 Å². The molecule has 0 saturated carbocycles. The molecule has 4 nitrogen and oxygen atoms in total. The molecular weight excluding hydrogens is 248 g/mol. The normalized spacial score (nSPS) is 11.0. The zero-order chi connectivity index (χ0) is 12.5. The molecule has 0 atom stereocenters. The summed E-state index contributed by atoms with van der Waals surface area (Å²) >= 11 is 6.13. The summed E-state index contributed by atoms with van der Waals surface area (Å²) in [5.41, 5.74) is 0.965. The Morgan fingerprint density at radius 1 is 1.22 bits per heavy atom. The van der Waals surface area contributed by atoms with Gasteiger partial charge in [-0.2, -0.15) is 0 Å². The lowest BCUT2D eigenvalue weighted by Crippen LogP contribution is -2.01. The van der Waals surface area contributed by atoms with Gasteiger partial charge in [0, 0.05) is 24.2 Å². The van der Waals surface area contributed by atoms with Crippen LogP contribution in [0.15, 0.2) is 36.7 Å². The Bertz CT molecular complexity index is 700. The van der Waals surface area contributed by atoms with Crippen LogP contribution in [0.25, 0.3) is 16.5 Å². The summed E-state index contributed by atoms with van der Waals surface area (Å²) in [6, 6.07) is 8.01. The molecule has 0 spiro atoms. The Labute approximate surface area is 109 Å². The van der Waals surface area contributed by atoms with Gasteiger partial charge in [0.15, 0.2) is 0 Å². The summed E-state index contributed by atoms with van der Waals surface area (Å²) in [4.78, 5) is 4.17. The molecule has 1 aromatic carbocycles. The van der Waals surface area contributed by atoms with E-state index < -0.39 is 0 Å². The van der Waals surface area contributed by atoms with Crippen molar-refractivity contribution >= 4 is 22.4 Å². The molecule has 2 heterocycles. The minimum absolute atomic E-state index is 0.378. The monoisotopic (exact) mass is 258 g/mol. The van der Waals surface area contributed by atoms with Gasteiger partial charge in [0.1, 0.15) is 5.82 Å². The highest BCUT2D eigenvalue weighted by atomic mass is 35.5. The molecule has 0 amide bonds. The Morgan fingerprint density at radius 3 is 2.94 bits per heavy atom. The van der Waals surface area contributed by atoms with Gasteiger partial charge in [0.05, 0.1) is 5.69 Å². The predicted octanol–water partition coefficient (Wildman–Crippen LogP) is 3.03. The molecule has 0 aliphatic rings. The lowest BCUT2D eigenvalue weighted by molar-refractivity contribution is 0.887. The summed E-state index contributed by atoms with van der Waals surface area (Å²) in [7, 11) is 0. The molecule has 0 aliphatic heterocycles. The van der Waals surface area contributed by atoms with Gasteiger partial charge in [-0.05, 0) is 29.1 Å². The SMILES string of the molecule is CCc1nnc(Cl)n1-c1cccc2ccncc12. The third kappa shape index (κ3) is 1.66. The molecule has 0 N–H and O–H groups in total. The van der Waals surface area contributed by atoms with Crippen LogP contribution in [0.1, 0.15) is 12.7 Å². The van der Waals surface area contributed by atoms with E-state index in [0.717, 1.165) is 28.7 Å². The molecule has 3 aromatic rings. The van der Waals surface area contributed by atoms with Crippen molar-refractivity contribution in [2.75, 3.05) is 0 Å². The summed E-state index contributed by atoms with van der Waals surface area (Å²) in [6.45, 7) is 2.03. The van der Waals surface area contributed by atoms with Crippen molar-refractivity contribution in [2.24, 2.45) is 0 Å². The average Bonchev–Trinajstić information content (AvgIpc) is 2.79. The number of halogens is 1. The zero-order valence-corrected chi connectivity index (χ0v) is 10.6. The predicted molar refractivity (Wildman–Crippen MR) is 71.0 cm³/mol. The fourth-order valence-electron chi connectivity index (χ4n) is 2.05. The fraction of sp³-hybridized carbons (Fsp3) is 0.154. The van der Waals surface area contributed by atoms with Crippen molar-refractivity contribution in [3.63, 3.8) is 0 Å². The maximum Gasteiger partial charge on any atom is 0.229 e. The highest BCUT2D eigenvalue weighted by Crippen LogP contribution is 2.25. The van der Waals surface area contributed by atoms with Crippen LogP contribution in [-0.2, 0) is 6.42 Å². The first-order valence-corrected chi connectivity index (χ1v) is 6.12. The molecule has 0 unspecified atom stereocenters. The molecule has 0 radical (unpaired) electrons. The Hall–Kier alpha value is -1.94. The van der Waals surface area contributed by atoms with Gasteiger partial charge < -0.3 is 0 Å². The van der Waals surface area contributed by atoms with Crippen LogP contribution in [0, 0.1) is 0 Å². The van der Waals surface area contributed by atoms with E-state index in [1.54, 1.807) is 6.20 Å². The Morgan fingerprint density at radius 2 is 2.11 bits per heavy atom. The van der Waals surface area contributed by atoms with E-state index in [4.69, 9.17) is 11.6 Å². The smallest absolute Gasteiger partial charge is 0.229 e. The van der Waals surface area contributed by atoms with Crippen molar-refractivity contribution in [3.8, 4) is 5.69 Å². The second kappa shape index (κ2) is 4.38. The minimum Gasteiger partial charge on any atom is -0.269 e. The molecule has 0 aliphatic carbocycles. The van der Waals surface area contributed by atoms with Crippen LogP contribution >= 0.6 is 11.6 Å². The van der Waals surface area contributed by atoms with Gasteiger partial charge in [-0.25, -0.2) is 0 Å². The third-order valence-corrected chi connectivity index (χ3v) is 3.15. The second-order valence-corrected chi connectivity index (χ2v) is 4.29. The fourth-order valence-corrected chi connectivity index (χ4v) is 2.28. The van der Waals surface area contributed by atoms with Gasteiger partial charge >= 0.3 is 0 Å². The number of aromatic nitrogens is 4. The number of nitrogens with zero attached hydrogens (tertiary/aromatic N) is 4. The summed E-state index contributed by atoms with van der Waals surface area (Å²) in [6.07, 6.45) is 4.39. The van der Waals surface area contributed by atoms with Crippen molar-refractivity contribution in [3.05, 3.63) is 47.8 Å². The van der Waals surface area contributed by atoms with Gasteiger partial charge in [-0.15, -0.1) is 10.2 Å². The maximum atomic E-state index is 6.13. The van der Waals surface area contributed by atoms with Crippen LogP contribution in [-0.4, -0.2) is 19.7 Å². The quantitative estimate of drug-likeness (QED) is 0.710. The van der Waals surface area contributed by atoms with E-state index in [2.05, 4.69) is 15.2 Å². The van der Waals surface area contributed by atoms with Crippen molar-refractivity contribution < 1.29 is 0 Å². The van der Waals surface area contributed by atoms with E-state index in [9.17, 15) is 0 Å². The molecule has 90 valence electrons. The summed E-state index contributed by atoms with van der Waals surface area (Å²) in [5, 5.41) is 10.5. The van der Waals surface area contributed by atoms with Crippen molar-refractivity contribution in [1.82, 2.24) is 19.7 Å². The van der Waals surface area contributed by atoms with E-state index in [1.807, 2.05) is 42.0 Å². The lowest BCUT2D eigenvalue weighted by atomic mass is 10.1. The van der Waals surface area contributed by atoms with E-state index in [-0.39, 0.29) is 0 Å². The molecule has 3 rings (SSSR count). The number of pyridine rings is 1. The highest BCUT2D eigenvalue weighted by Gasteiger charge is 2.12. The molecule has 0 fully saturated rings. The third-order valence-electron chi connectivity index (χ3n) is 2.91. The Kier molecular flexibility index (Phi) is 2.72. The number of benzene rings is 1. The van der Waals surface area contributed by atoms with Gasteiger partial charge in [-0.1, -0.05) is 19.1 Å². The first kappa shape index (κ1) is 11.2. The topological polar surface area (TPSA) is 43.6 Å². The van der Waals surface area contributed by atoms with Gasteiger partial charge in [0.25, 0.3) is 0 Å². The Balaban J connectivity index is 2.35. The molecule has 2 aromatic heterocycles. The van der Waals surface area contributed by atoms with E-state index in [0.29, 0.717) is 5.28 Å². The second-order valence-electron chi connectivity index (χ2n) is 3.95. The van der Waals surface area contributed by atoms with Crippen LogP contribution in [0.2, 0.25) is 5.28 Å². The lowest BCUT2D eigenvalue weighted by Gasteiger charge is -2.09. The standard InChI is InChI=1S/C13H11ClN4/c1-2-12-16-17-13(14)18(12)11-5-3-4-9-6-7-15-8-10(9)11/h3-8H,2H2,1H3. The highest BCUT2D eigenvalue weighted by molar-refractivity contribution is 6.28. The number of hydrogen-bond acceptors (Lipinski definition) is 3. The molecule has 18 heavy (non-hydrogen) atoms. The molecular formula is C13H11ClN4. The first-order chi connectivity index (χ1) is 8.81. The van der Waals surface area contributed by atoms with Crippen molar-refractivity contribution in [1.29, 1.82) is 0 Å². The summed E-state index contributed by atoms with van der Waals surface area (Å²) in [5.74, 6) is 0.844. The van der Waals surface area contributed by atoms with Crippen molar-refractivity contribution in [2.45, 2.75) is 13.3 Å². The zero-order valence-electron chi connectivity index (χ0n) is 9.84. The van der Waals surface area contributed by atoms with Crippen LogP contribution in [0.4, 0.5) is 0 Å². The minimum atomic E-state index is 0.378. The number of fused-ring (bicyclic) bond motifs is 1. The summed E-state index contributed by atoms with van der Waals surface area (Å²) < 4.78 is 1.87. The molecule has 0 saturated heterocycles. The van der Waals surface area contributed by atoms with Crippen LogP contribution in [0.3, 0.4) is 0 Å². The van der Waals surface area contributed by atoms with Crippen LogP contribution in [0.5, 0.6) is 0 Å².